The summed E-state index contributed by atoms with van der Waals surface area (Å²) in [5, 5.41) is 18.3. The molecule has 2 heterocycles. The Hall–Kier alpha value is -3.32. The lowest BCUT2D eigenvalue weighted by Gasteiger charge is -2.09. The summed E-state index contributed by atoms with van der Waals surface area (Å²) >= 11 is 5.85. The summed E-state index contributed by atoms with van der Waals surface area (Å²) in [6.45, 7) is 0. The molecule has 2 aromatic heterocycles. The van der Waals surface area contributed by atoms with Crippen LogP contribution < -0.4 is 11.1 Å². The first-order valence-corrected chi connectivity index (χ1v) is 7.82. The van der Waals surface area contributed by atoms with Gasteiger partial charge < -0.3 is 16.2 Å². The Bertz CT molecular complexity index is 1060. The number of hydrogen-bond donors (Lipinski definition) is 3. The van der Waals surface area contributed by atoms with Gasteiger partial charge in [0, 0.05) is 11.1 Å². The molecule has 2 aromatic carbocycles. The van der Waals surface area contributed by atoms with E-state index in [0.29, 0.717) is 27.6 Å². The summed E-state index contributed by atoms with van der Waals surface area (Å²) in [5.74, 6) is 0.537. The third-order valence-corrected chi connectivity index (χ3v) is 3.90. The number of nitrogens with one attached hydrogen (secondary N) is 1. The van der Waals surface area contributed by atoms with Crippen LogP contribution in [-0.4, -0.2) is 24.9 Å². The number of aromatic nitrogens is 4. The number of phenolic OH excluding ortho intramolecular Hbond substituents is 1. The highest BCUT2D eigenvalue weighted by molar-refractivity contribution is 6.30. The molecule has 0 atom stereocenters. The number of halogens is 1. The van der Waals surface area contributed by atoms with Crippen LogP contribution in [0.3, 0.4) is 0 Å². The second kappa shape index (κ2) is 5.95. The number of nitrogen functional groups attached to an aromatic ring is 1. The second-order valence-electron chi connectivity index (χ2n) is 5.35. The number of phenols is 1. The minimum Gasteiger partial charge on any atom is -0.506 e. The van der Waals surface area contributed by atoms with E-state index in [0.717, 1.165) is 5.69 Å². The molecule has 0 saturated heterocycles. The molecule has 0 bridgehead atoms. The van der Waals surface area contributed by atoms with Crippen LogP contribution >= 0.6 is 11.6 Å². The summed E-state index contributed by atoms with van der Waals surface area (Å²) in [6, 6.07) is 14.3. The molecule has 0 aliphatic rings. The van der Waals surface area contributed by atoms with Crippen LogP contribution in [-0.2, 0) is 0 Å². The Balaban J connectivity index is 1.80. The lowest BCUT2D eigenvalue weighted by Crippen LogP contribution is -2.04. The molecule has 25 heavy (non-hydrogen) atoms. The van der Waals surface area contributed by atoms with E-state index in [4.69, 9.17) is 17.3 Å². The van der Waals surface area contributed by atoms with Gasteiger partial charge >= 0.3 is 0 Å². The highest BCUT2D eigenvalue weighted by Crippen LogP contribution is 2.30. The lowest BCUT2D eigenvalue weighted by molar-refractivity contribution is 0.477. The number of rotatable bonds is 3. The highest BCUT2D eigenvalue weighted by atomic mass is 35.5. The average molecular weight is 353 g/mol. The van der Waals surface area contributed by atoms with Gasteiger partial charge in [-0.1, -0.05) is 29.8 Å². The highest BCUT2D eigenvalue weighted by Gasteiger charge is 2.13. The molecular formula is C17H13ClN6O. The number of anilines is 3. The van der Waals surface area contributed by atoms with E-state index in [-0.39, 0.29) is 11.7 Å². The van der Waals surface area contributed by atoms with Crippen LogP contribution in [0.5, 0.6) is 5.75 Å². The maximum Gasteiger partial charge on any atom is 0.231 e. The molecule has 8 heteroatoms. The van der Waals surface area contributed by atoms with Crippen LogP contribution in [0.2, 0.25) is 5.02 Å². The third kappa shape index (κ3) is 2.81. The zero-order valence-corrected chi connectivity index (χ0v) is 13.6. The fourth-order valence-electron chi connectivity index (χ4n) is 2.47. The van der Waals surface area contributed by atoms with Gasteiger partial charge in [0.1, 0.15) is 11.6 Å². The number of para-hydroxylation sites is 1. The summed E-state index contributed by atoms with van der Waals surface area (Å²) in [6.07, 6.45) is 1.63. The number of nitrogens with zero attached hydrogens (tertiary/aromatic N) is 4. The SMILES string of the molecule is Nc1nc(Nc2ccc(Cl)cc2O)nc2c1cnn2-c1ccccc1. The van der Waals surface area contributed by atoms with Gasteiger partial charge in [0.25, 0.3) is 0 Å². The lowest BCUT2D eigenvalue weighted by atomic mass is 10.3. The van der Waals surface area contributed by atoms with E-state index in [2.05, 4.69) is 20.4 Å². The Labute approximate surface area is 147 Å². The monoisotopic (exact) mass is 352 g/mol. The zero-order valence-electron chi connectivity index (χ0n) is 12.9. The zero-order chi connectivity index (χ0) is 17.4. The molecule has 0 aliphatic heterocycles. The van der Waals surface area contributed by atoms with Crippen molar-refractivity contribution in [2.24, 2.45) is 0 Å². The van der Waals surface area contributed by atoms with E-state index >= 15 is 0 Å². The summed E-state index contributed by atoms with van der Waals surface area (Å²) in [7, 11) is 0. The van der Waals surface area contributed by atoms with E-state index in [9.17, 15) is 5.11 Å². The third-order valence-electron chi connectivity index (χ3n) is 3.66. The van der Waals surface area contributed by atoms with Crippen LogP contribution in [0.4, 0.5) is 17.5 Å². The average Bonchev–Trinajstić information content (AvgIpc) is 3.03. The molecular weight excluding hydrogens is 340 g/mol. The molecule has 0 fully saturated rings. The van der Waals surface area contributed by atoms with Gasteiger partial charge in [-0.05, 0) is 24.3 Å². The van der Waals surface area contributed by atoms with Crippen molar-refractivity contribution < 1.29 is 5.11 Å². The van der Waals surface area contributed by atoms with Crippen molar-refractivity contribution >= 4 is 40.1 Å². The smallest absolute Gasteiger partial charge is 0.231 e. The second-order valence-corrected chi connectivity index (χ2v) is 5.78. The topological polar surface area (TPSA) is 102 Å². The van der Waals surface area contributed by atoms with E-state index in [1.807, 2.05) is 30.3 Å². The molecule has 124 valence electrons. The maximum atomic E-state index is 9.98. The molecule has 4 rings (SSSR count). The van der Waals surface area contributed by atoms with E-state index in [1.54, 1.807) is 23.0 Å². The molecule has 7 nitrogen and oxygen atoms in total. The normalized spacial score (nSPS) is 10.9. The van der Waals surface area contributed by atoms with Gasteiger partial charge in [-0.25, -0.2) is 4.68 Å². The predicted octanol–water partition coefficient (Wildman–Crippen LogP) is 3.50. The summed E-state index contributed by atoms with van der Waals surface area (Å²) in [4.78, 5) is 8.71. The number of nitrogens with two attached hydrogens (primary N) is 1. The minimum absolute atomic E-state index is 0.00802. The number of aromatic hydroxyl groups is 1. The Morgan fingerprint density at radius 3 is 2.64 bits per heavy atom. The first-order chi connectivity index (χ1) is 12.1. The van der Waals surface area contributed by atoms with Crippen molar-refractivity contribution in [1.29, 1.82) is 0 Å². The largest absolute Gasteiger partial charge is 0.506 e. The van der Waals surface area contributed by atoms with Gasteiger partial charge in [-0.3, -0.25) is 0 Å². The molecule has 0 aliphatic carbocycles. The molecule has 0 unspecified atom stereocenters. The van der Waals surface area contributed by atoms with Crippen molar-refractivity contribution in [3.8, 4) is 11.4 Å². The van der Waals surface area contributed by atoms with Crippen LogP contribution in [0, 0.1) is 0 Å². The van der Waals surface area contributed by atoms with Crippen molar-refractivity contribution in [2.45, 2.75) is 0 Å². The van der Waals surface area contributed by atoms with Gasteiger partial charge in [0.05, 0.1) is 23.0 Å². The summed E-state index contributed by atoms with van der Waals surface area (Å²) in [5.41, 5.74) is 7.88. The fourth-order valence-corrected chi connectivity index (χ4v) is 2.64. The molecule has 0 spiro atoms. The quantitative estimate of drug-likeness (QED) is 0.488. The van der Waals surface area contributed by atoms with Crippen molar-refractivity contribution in [3.63, 3.8) is 0 Å². The van der Waals surface area contributed by atoms with Gasteiger partial charge in [-0.15, -0.1) is 0 Å². The number of benzene rings is 2. The standard InChI is InChI=1S/C17H13ClN6O/c18-10-6-7-13(14(25)8-10)21-17-22-15(19)12-9-20-24(16(12)23-17)11-4-2-1-3-5-11/h1-9,25H,(H3,19,21,22,23). The Morgan fingerprint density at radius 1 is 1.08 bits per heavy atom. The van der Waals surface area contributed by atoms with Crippen molar-refractivity contribution in [1.82, 2.24) is 19.7 Å². The van der Waals surface area contributed by atoms with Gasteiger partial charge in [0.15, 0.2) is 5.65 Å². The van der Waals surface area contributed by atoms with E-state index in [1.165, 1.54) is 6.07 Å². The number of fused-ring (bicyclic) bond motifs is 1. The molecule has 4 aromatic rings. The van der Waals surface area contributed by atoms with Gasteiger partial charge in [-0.2, -0.15) is 15.1 Å². The first-order valence-electron chi connectivity index (χ1n) is 7.44. The van der Waals surface area contributed by atoms with Crippen LogP contribution in [0.1, 0.15) is 0 Å². The van der Waals surface area contributed by atoms with Crippen molar-refractivity contribution in [3.05, 3.63) is 59.8 Å². The van der Waals surface area contributed by atoms with E-state index < -0.39 is 0 Å². The Kier molecular flexibility index (Phi) is 3.62. The molecule has 0 saturated carbocycles. The van der Waals surface area contributed by atoms with Gasteiger partial charge in [0.2, 0.25) is 5.95 Å². The predicted molar refractivity (Wildman–Crippen MR) is 97.5 cm³/mol. The summed E-state index contributed by atoms with van der Waals surface area (Å²) < 4.78 is 1.68. The number of hydrogen-bond acceptors (Lipinski definition) is 6. The minimum atomic E-state index is -0.00802. The molecule has 0 amide bonds. The van der Waals surface area contributed by atoms with Crippen LogP contribution in [0.15, 0.2) is 54.7 Å². The van der Waals surface area contributed by atoms with Crippen LogP contribution in [0.25, 0.3) is 16.7 Å². The van der Waals surface area contributed by atoms with Crippen molar-refractivity contribution in [2.75, 3.05) is 11.1 Å². The first kappa shape index (κ1) is 15.2. The maximum absolute atomic E-state index is 9.98. The molecule has 4 N–H and O–H groups in total. The fraction of sp³-hybridized carbons (Fsp3) is 0. The Morgan fingerprint density at radius 2 is 1.88 bits per heavy atom. The molecule has 0 radical (unpaired) electrons.